The fourth-order valence-electron chi connectivity index (χ4n) is 2.71. The SMILES string of the molecule is C#CCn1c(=NC(=O)c2cnc3ccccc3n2)sc2cc(OC)ccc21. The van der Waals surface area contributed by atoms with Crippen LogP contribution >= 0.6 is 11.3 Å². The molecule has 2 aromatic carbocycles. The van der Waals surface area contributed by atoms with Gasteiger partial charge in [-0.05, 0) is 30.3 Å². The molecule has 0 radical (unpaired) electrons. The second-order valence-electron chi connectivity index (χ2n) is 5.67. The molecule has 7 heteroatoms. The highest BCUT2D eigenvalue weighted by Gasteiger charge is 2.11. The van der Waals surface area contributed by atoms with Crippen LogP contribution in [0.4, 0.5) is 0 Å². The van der Waals surface area contributed by atoms with Gasteiger partial charge in [0.15, 0.2) is 4.80 Å². The van der Waals surface area contributed by atoms with Crippen molar-refractivity contribution in [2.24, 2.45) is 4.99 Å². The summed E-state index contributed by atoms with van der Waals surface area (Å²) >= 11 is 1.37. The Morgan fingerprint density at radius 2 is 2.11 bits per heavy atom. The van der Waals surface area contributed by atoms with Crippen molar-refractivity contribution in [3.05, 3.63) is 59.2 Å². The lowest BCUT2D eigenvalue weighted by Gasteiger charge is -2.02. The summed E-state index contributed by atoms with van der Waals surface area (Å²) in [6.07, 6.45) is 6.94. The van der Waals surface area contributed by atoms with Crippen molar-refractivity contribution >= 4 is 38.5 Å². The smallest absolute Gasteiger partial charge is 0.299 e. The average molecular weight is 374 g/mol. The number of terminal acetylenes is 1. The van der Waals surface area contributed by atoms with Crippen LogP contribution in [0.3, 0.4) is 0 Å². The molecule has 0 spiro atoms. The van der Waals surface area contributed by atoms with Gasteiger partial charge in [-0.1, -0.05) is 29.4 Å². The van der Waals surface area contributed by atoms with Gasteiger partial charge in [-0.25, -0.2) is 4.98 Å². The zero-order valence-electron chi connectivity index (χ0n) is 14.4. The highest BCUT2D eigenvalue weighted by atomic mass is 32.1. The number of nitrogens with zero attached hydrogens (tertiary/aromatic N) is 4. The number of fused-ring (bicyclic) bond motifs is 2. The van der Waals surface area contributed by atoms with Gasteiger partial charge in [0.05, 0.1) is 41.1 Å². The van der Waals surface area contributed by atoms with Gasteiger partial charge in [0.2, 0.25) is 0 Å². The molecule has 0 aliphatic heterocycles. The summed E-state index contributed by atoms with van der Waals surface area (Å²) in [5, 5.41) is 0. The van der Waals surface area contributed by atoms with Gasteiger partial charge < -0.3 is 9.30 Å². The number of methoxy groups -OCH3 is 1. The van der Waals surface area contributed by atoms with Crippen LogP contribution in [0.15, 0.2) is 53.7 Å². The summed E-state index contributed by atoms with van der Waals surface area (Å²) in [5.74, 6) is 2.88. The van der Waals surface area contributed by atoms with Crippen molar-refractivity contribution in [1.29, 1.82) is 0 Å². The van der Waals surface area contributed by atoms with E-state index in [1.165, 1.54) is 17.5 Å². The number of amides is 1. The first-order valence-corrected chi connectivity index (χ1v) is 8.93. The van der Waals surface area contributed by atoms with Gasteiger partial charge in [0.25, 0.3) is 5.91 Å². The predicted octanol–water partition coefficient (Wildman–Crippen LogP) is 3.03. The second kappa shape index (κ2) is 7.02. The molecule has 0 aliphatic rings. The molecule has 4 aromatic rings. The zero-order valence-corrected chi connectivity index (χ0v) is 15.2. The van der Waals surface area contributed by atoms with Gasteiger partial charge in [-0.2, -0.15) is 4.99 Å². The number of benzene rings is 2. The van der Waals surface area contributed by atoms with Gasteiger partial charge in [0.1, 0.15) is 11.4 Å². The van der Waals surface area contributed by atoms with E-state index in [1.807, 2.05) is 47.0 Å². The van der Waals surface area contributed by atoms with Crippen molar-refractivity contribution < 1.29 is 9.53 Å². The van der Waals surface area contributed by atoms with E-state index < -0.39 is 5.91 Å². The highest BCUT2D eigenvalue weighted by molar-refractivity contribution is 7.16. The summed E-state index contributed by atoms with van der Waals surface area (Å²) in [6.45, 7) is 0.307. The minimum atomic E-state index is -0.461. The summed E-state index contributed by atoms with van der Waals surface area (Å²) in [6, 6.07) is 13.0. The maximum atomic E-state index is 12.7. The number of thiazole rings is 1. The topological polar surface area (TPSA) is 69.4 Å². The van der Waals surface area contributed by atoms with Gasteiger partial charge in [0, 0.05) is 0 Å². The van der Waals surface area contributed by atoms with Crippen molar-refractivity contribution in [3.63, 3.8) is 0 Å². The molecule has 6 nitrogen and oxygen atoms in total. The Hall–Kier alpha value is -3.50. The molecule has 0 aliphatic carbocycles. The first-order valence-electron chi connectivity index (χ1n) is 8.11. The van der Waals surface area contributed by atoms with Crippen molar-refractivity contribution in [1.82, 2.24) is 14.5 Å². The van der Waals surface area contributed by atoms with Crippen molar-refractivity contribution in [3.8, 4) is 18.1 Å². The number of para-hydroxylation sites is 2. The zero-order chi connectivity index (χ0) is 18.8. The van der Waals surface area contributed by atoms with Crippen molar-refractivity contribution in [2.75, 3.05) is 7.11 Å². The maximum absolute atomic E-state index is 12.7. The quantitative estimate of drug-likeness (QED) is 0.517. The fourth-order valence-corrected chi connectivity index (χ4v) is 3.77. The average Bonchev–Trinajstić information content (AvgIpc) is 3.04. The highest BCUT2D eigenvalue weighted by Crippen LogP contribution is 2.23. The molecule has 4 rings (SSSR count). The molecule has 0 fully saturated rings. The maximum Gasteiger partial charge on any atom is 0.299 e. The summed E-state index contributed by atoms with van der Waals surface area (Å²) in [7, 11) is 1.61. The molecule has 0 saturated carbocycles. The Labute approximate surface area is 158 Å². The Bertz CT molecular complexity index is 1280. The first-order chi connectivity index (χ1) is 13.2. The van der Waals surface area contributed by atoms with E-state index in [2.05, 4.69) is 20.9 Å². The summed E-state index contributed by atoms with van der Waals surface area (Å²) in [5.41, 5.74) is 2.47. The molecule has 132 valence electrons. The van der Waals surface area contributed by atoms with E-state index in [-0.39, 0.29) is 5.69 Å². The molecule has 1 amide bonds. The normalized spacial score (nSPS) is 11.6. The van der Waals surface area contributed by atoms with Crippen LogP contribution < -0.4 is 9.54 Å². The largest absolute Gasteiger partial charge is 0.497 e. The lowest BCUT2D eigenvalue weighted by atomic mass is 10.3. The number of rotatable bonds is 3. The second-order valence-corrected chi connectivity index (χ2v) is 6.68. The lowest BCUT2D eigenvalue weighted by molar-refractivity contribution is 0.0993. The molecular weight excluding hydrogens is 360 g/mol. The lowest BCUT2D eigenvalue weighted by Crippen LogP contribution is -2.17. The van der Waals surface area contributed by atoms with E-state index in [9.17, 15) is 4.79 Å². The van der Waals surface area contributed by atoms with Crippen LogP contribution in [-0.4, -0.2) is 27.6 Å². The number of ether oxygens (including phenoxy) is 1. The van der Waals surface area contributed by atoms with E-state index in [0.717, 1.165) is 21.5 Å². The fraction of sp³-hybridized carbons (Fsp3) is 0.100. The monoisotopic (exact) mass is 374 g/mol. The molecule has 0 bridgehead atoms. The minimum Gasteiger partial charge on any atom is -0.497 e. The van der Waals surface area contributed by atoms with Crippen LogP contribution in [0.1, 0.15) is 10.5 Å². The Kier molecular flexibility index (Phi) is 4.40. The Morgan fingerprint density at radius 1 is 1.30 bits per heavy atom. The minimum absolute atomic E-state index is 0.191. The molecule has 0 atom stereocenters. The molecule has 2 aromatic heterocycles. The summed E-state index contributed by atoms with van der Waals surface area (Å²) < 4.78 is 8.02. The molecular formula is C20H14N4O2S. The molecule has 0 unspecified atom stereocenters. The molecule has 2 heterocycles. The third-order valence-corrected chi connectivity index (χ3v) is 5.05. The van der Waals surface area contributed by atoms with Gasteiger partial charge in [-0.15, -0.1) is 6.42 Å². The third kappa shape index (κ3) is 3.18. The van der Waals surface area contributed by atoms with E-state index >= 15 is 0 Å². The standard InChI is InChI=1S/C20H14N4O2S/c1-3-10-24-17-9-8-13(26-2)11-18(17)27-20(24)23-19(25)16-12-21-14-6-4-5-7-15(14)22-16/h1,4-9,11-12H,10H2,2H3. The number of hydrogen-bond donors (Lipinski definition) is 0. The van der Waals surface area contributed by atoms with Gasteiger partial charge in [-0.3, -0.25) is 9.78 Å². The van der Waals surface area contributed by atoms with Crippen LogP contribution in [0.25, 0.3) is 21.3 Å². The van der Waals surface area contributed by atoms with E-state index in [0.29, 0.717) is 16.9 Å². The van der Waals surface area contributed by atoms with Gasteiger partial charge >= 0.3 is 0 Å². The number of aromatic nitrogens is 3. The molecule has 0 N–H and O–H groups in total. The Balaban J connectivity index is 1.83. The van der Waals surface area contributed by atoms with E-state index in [4.69, 9.17) is 11.2 Å². The molecule has 0 saturated heterocycles. The number of hydrogen-bond acceptors (Lipinski definition) is 5. The first kappa shape index (κ1) is 16.9. The van der Waals surface area contributed by atoms with Crippen LogP contribution in [0.5, 0.6) is 5.75 Å². The van der Waals surface area contributed by atoms with Crippen LogP contribution in [-0.2, 0) is 6.54 Å². The number of carbonyl (C=O) groups is 1. The van der Waals surface area contributed by atoms with E-state index in [1.54, 1.807) is 7.11 Å². The molecule has 27 heavy (non-hydrogen) atoms. The predicted molar refractivity (Wildman–Crippen MR) is 105 cm³/mol. The van der Waals surface area contributed by atoms with Crippen LogP contribution in [0.2, 0.25) is 0 Å². The van der Waals surface area contributed by atoms with Crippen molar-refractivity contribution in [2.45, 2.75) is 6.54 Å². The number of carbonyl (C=O) groups excluding carboxylic acids is 1. The van der Waals surface area contributed by atoms with Crippen LogP contribution in [0, 0.1) is 12.3 Å². The summed E-state index contributed by atoms with van der Waals surface area (Å²) in [4.78, 5) is 26.1. The third-order valence-electron chi connectivity index (χ3n) is 4.00. The Morgan fingerprint density at radius 3 is 2.89 bits per heavy atom.